The number of ether oxygens (including phenoxy) is 2. The smallest absolute Gasteiger partial charge is 0.312 e. The van der Waals surface area contributed by atoms with Crippen molar-refractivity contribution >= 4 is 17.7 Å². The van der Waals surface area contributed by atoms with E-state index in [0.717, 1.165) is 5.75 Å². The molecule has 0 unspecified atom stereocenters. The van der Waals surface area contributed by atoms with E-state index in [4.69, 9.17) is 14.6 Å². The third-order valence-corrected chi connectivity index (χ3v) is 3.55. The van der Waals surface area contributed by atoms with Gasteiger partial charge in [-0.2, -0.15) is 11.8 Å². The van der Waals surface area contributed by atoms with Gasteiger partial charge in [-0.3, -0.25) is 4.79 Å². The number of thioether (sulfide) groups is 1. The fourth-order valence-electron chi connectivity index (χ4n) is 1.79. The van der Waals surface area contributed by atoms with E-state index in [2.05, 4.69) is 0 Å². The van der Waals surface area contributed by atoms with Gasteiger partial charge >= 0.3 is 5.97 Å². The molecule has 1 N–H and O–H groups in total. The molecule has 2 saturated heterocycles. The van der Waals surface area contributed by atoms with E-state index in [1.54, 1.807) is 11.8 Å². The van der Waals surface area contributed by atoms with Crippen molar-refractivity contribution in [3.63, 3.8) is 0 Å². The Morgan fingerprint density at radius 1 is 1.46 bits per heavy atom. The maximum atomic E-state index is 10.9. The van der Waals surface area contributed by atoms with E-state index < -0.39 is 17.7 Å². The van der Waals surface area contributed by atoms with Crippen molar-refractivity contribution in [3.05, 3.63) is 0 Å². The molecule has 2 fully saturated rings. The minimum Gasteiger partial charge on any atom is -0.481 e. The van der Waals surface area contributed by atoms with Gasteiger partial charge in [-0.05, 0) is 5.75 Å². The highest BCUT2D eigenvalue weighted by atomic mass is 32.2. The van der Waals surface area contributed by atoms with Gasteiger partial charge in [0.25, 0.3) is 0 Å². The first kappa shape index (κ1) is 9.30. The molecule has 74 valence electrons. The van der Waals surface area contributed by atoms with Crippen LogP contribution in [0.3, 0.4) is 0 Å². The highest BCUT2D eigenvalue weighted by Crippen LogP contribution is 2.39. The molecule has 0 aromatic rings. The SMILES string of the molecule is O=C(O)[C@H]1CSCCC12OCCO2. The van der Waals surface area contributed by atoms with Crippen LogP contribution in [-0.4, -0.2) is 41.6 Å². The molecule has 0 radical (unpaired) electrons. The van der Waals surface area contributed by atoms with E-state index >= 15 is 0 Å². The third kappa shape index (κ3) is 1.56. The zero-order valence-corrected chi connectivity index (χ0v) is 8.01. The molecule has 2 aliphatic heterocycles. The molecule has 0 saturated carbocycles. The van der Waals surface area contributed by atoms with Crippen LogP contribution in [0.25, 0.3) is 0 Å². The molecule has 0 aromatic carbocycles. The Morgan fingerprint density at radius 2 is 2.15 bits per heavy atom. The largest absolute Gasteiger partial charge is 0.481 e. The van der Waals surface area contributed by atoms with Crippen LogP contribution in [-0.2, 0) is 14.3 Å². The summed E-state index contributed by atoms with van der Waals surface area (Å²) in [4.78, 5) is 10.9. The van der Waals surface area contributed by atoms with Gasteiger partial charge in [0.05, 0.1) is 13.2 Å². The number of carboxylic acid groups (broad SMARTS) is 1. The maximum Gasteiger partial charge on any atom is 0.312 e. The zero-order chi connectivity index (χ0) is 9.31. The van der Waals surface area contributed by atoms with Gasteiger partial charge in [-0.15, -0.1) is 0 Å². The topological polar surface area (TPSA) is 55.8 Å². The van der Waals surface area contributed by atoms with Crippen molar-refractivity contribution < 1.29 is 19.4 Å². The van der Waals surface area contributed by atoms with Crippen molar-refractivity contribution in [2.75, 3.05) is 24.7 Å². The van der Waals surface area contributed by atoms with Crippen molar-refractivity contribution in [2.24, 2.45) is 5.92 Å². The van der Waals surface area contributed by atoms with Gasteiger partial charge in [0, 0.05) is 12.2 Å². The van der Waals surface area contributed by atoms with Crippen molar-refractivity contribution in [2.45, 2.75) is 12.2 Å². The Labute approximate surface area is 80.6 Å². The lowest BCUT2D eigenvalue weighted by molar-refractivity contribution is -0.204. The Balaban J connectivity index is 2.16. The predicted molar refractivity (Wildman–Crippen MR) is 47.7 cm³/mol. The van der Waals surface area contributed by atoms with Crippen LogP contribution in [0.2, 0.25) is 0 Å². The molecule has 0 bridgehead atoms. The molecule has 2 heterocycles. The molecular formula is C8H12O4S. The molecule has 5 heteroatoms. The summed E-state index contributed by atoms with van der Waals surface area (Å²) >= 11 is 1.65. The molecule has 1 spiro atoms. The first-order valence-electron chi connectivity index (χ1n) is 4.33. The van der Waals surface area contributed by atoms with E-state index in [0.29, 0.717) is 25.4 Å². The summed E-state index contributed by atoms with van der Waals surface area (Å²) in [5.74, 6) is -0.612. The van der Waals surface area contributed by atoms with Crippen LogP contribution in [0, 0.1) is 5.92 Å². The standard InChI is InChI=1S/C8H12O4S/c9-7(10)6-5-13-4-1-8(6)11-2-3-12-8/h6H,1-5H2,(H,9,10)/t6-/m1/s1. The second kappa shape index (κ2) is 3.48. The second-order valence-electron chi connectivity index (χ2n) is 3.22. The minimum atomic E-state index is -0.811. The van der Waals surface area contributed by atoms with Crippen molar-refractivity contribution in [1.82, 2.24) is 0 Å². The van der Waals surface area contributed by atoms with Crippen LogP contribution in [0.15, 0.2) is 0 Å². The van der Waals surface area contributed by atoms with E-state index in [-0.39, 0.29) is 0 Å². The van der Waals surface area contributed by atoms with E-state index in [9.17, 15) is 4.79 Å². The van der Waals surface area contributed by atoms with Gasteiger partial charge in [0.15, 0.2) is 5.79 Å². The average Bonchev–Trinajstić information content (AvgIpc) is 2.54. The normalized spacial score (nSPS) is 32.2. The Morgan fingerprint density at radius 3 is 2.77 bits per heavy atom. The lowest BCUT2D eigenvalue weighted by Gasteiger charge is -2.36. The minimum absolute atomic E-state index is 0.506. The summed E-state index contributed by atoms with van der Waals surface area (Å²) in [6.45, 7) is 1.04. The summed E-state index contributed by atoms with van der Waals surface area (Å²) in [6, 6.07) is 0. The molecule has 1 atom stereocenters. The van der Waals surface area contributed by atoms with Gasteiger partial charge in [-0.1, -0.05) is 0 Å². The summed E-state index contributed by atoms with van der Waals surface area (Å²) in [5, 5.41) is 8.99. The van der Waals surface area contributed by atoms with Crippen molar-refractivity contribution in [1.29, 1.82) is 0 Å². The van der Waals surface area contributed by atoms with Crippen LogP contribution in [0.4, 0.5) is 0 Å². The van der Waals surface area contributed by atoms with Crippen LogP contribution < -0.4 is 0 Å². The summed E-state index contributed by atoms with van der Waals surface area (Å²) in [6.07, 6.45) is 0.689. The molecular weight excluding hydrogens is 192 g/mol. The number of hydrogen-bond donors (Lipinski definition) is 1. The summed E-state index contributed by atoms with van der Waals surface area (Å²) < 4.78 is 10.9. The second-order valence-corrected chi connectivity index (χ2v) is 4.37. The summed E-state index contributed by atoms with van der Waals surface area (Å²) in [5.41, 5.74) is 0. The first-order valence-corrected chi connectivity index (χ1v) is 5.48. The molecule has 0 amide bonds. The van der Waals surface area contributed by atoms with E-state index in [1.807, 2.05) is 0 Å². The fourth-order valence-corrected chi connectivity index (χ4v) is 3.02. The van der Waals surface area contributed by atoms with Crippen LogP contribution in [0.1, 0.15) is 6.42 Å². The van der Waals surface area contributed by atoms with Gasteiger partial charge < -0.3 is 14.6 Å². The molecule has 2 rings (SSSR count). The highest BCUT2D eigenvalue weighted by Gasteiger charge is 2.49. The molecule has 13 heavy (non-hydrogen) atoms. The Hall–Kier alpha value is -0.260. The Kier molecular flexibility index (Phi) is 2.49. The fraction of sp³-hybridized carbons (Fsp3) is 0.875. The van der Waals surface area contributed by atoms with Gasteiger partial charge in [0.2, 0.25) is 0 Å². The third-order valence-electron chi connectivity index (χ3n) is 2.48. The number of rotatable bonds is 1. The maximum absolute atomic E-state index is 10.9. The van der Waals surface area contributed by atoms with Crippen LogP contribution in [0.5, 0.6) is 0 Å². The number of aliphatic carboxylic acids is 1. The van der Waals surface area contributed by atoms with E-state index in [1.165, 1.54) is 0 Å². The van der Waals surface area contributed by atoms with Crippen LogP contribution >= 0.6 is 11.8 Å². The highest BCUT2D eigenvalue weighted by molar-refractivity contribution is 7.99. The zero-order valence-electron chi connectivity index (χ0n) is 7.19. The quantitative estimate of drug-likeness (QED) is 0.676. The number of carboxylic acids is 1. The molecule has 0 aliphatic carbocycles. The lowest BCUT2D eigenvalue weighted by atomic mass is 9.97. The Bertz CT molecular complexity index is 212. The first-order chi connectivity index (χ1) is 6.25. The monoisotopic (exact) mass is 204 g/mol. The summed E-state index contributed by atoms with van der Waals surface area (Å²) in [7, 11) is 0. The molecule has 0 aromatic heterocycles. The van der Waals surface area contributed by atoms with Gasteiger partial charge in [0.1, 0.15) is 5.92 Å². The predicted octanol–water partition coefficient (Wildman–Crippen LogP) is 0.567. The number of hydrogen-bond acceptors (Lipinski definition) is 4. The van der Waals surface area contributed by atoms with Crippen molar-refractivity contribution in [3.8, 4) is 0 Å². The number of carbonyl (C=O) groups is 1. The van der Waals surface area contributed by atoms with Gasteiger partial charge in [-0.25, -0.2) is 0 Å². The average molecular weight is 204 g/mol. The lowest BCUT2D eigenvalue weighted by Crippen LogP contribution is -2.47. The molecule has 4 nitrogen and oxygen atoms in total. The molecule has 2 aliphatic rings.